The predicted octanol–water partition coefficient (Wildman–Crippen LogP) is 2.34. The van der Waals surface area contributed by atoms with Gasteiger partial charge in [-0.25, -0.2) is 0 Å². The van der Waals surface area contributed by atoms with Crippen molar-refractivity contribution in [2.45, 2.75) is 27.0 Å². The molecule has 1 aromatic heterocycles. The van der Waals surface area contributed by atoms with Gasteiger partial charge in [-0.2, -0.15) is 0 Å². The molecule has 102 valence electrons. The molecule has 1 heterocycles. The number of aromatic nitrogens is 1. The minimum Gasteiger partial charge on any atom is -0.497 e. The second kappa shape index (κ2) is 5.75. The van der Waals surface area contributed by atoms with Crippen LogP contribution in [-0.4, -0.2) is 12.3 Å². The maximum Gasteiger partial charge on any atom is 0.140 e. The van der Waals surface area contributed by atoms with Crippen LogP contribution in [0.3, 0.4) is 0 Å². The van der Waals surface area contributed by atoms with Crippen LogP contribution in [0.2, 0.25) is 0 Å². The Hall–Kier alpha value is -2.01. The number of hydrogen-bond donors (Lipinski definition) is 1. The van der Waals surface area contributed by atoms with Gasteiger partial charge < -0.3 is 19.7 Å². The Labute approximate surface area is 112 Å². The second-order valence-electron chi connectivity index (χ2n) is 4.27. The zero-order valence-corrected chi connectivity index (χ0v) is 11.4. The molecule has 2 aromatic rings. The Kier molecular flexibility index (Phi) is 4.06. The third kappa shape index (κ3) is 2.88. The van der Waals surface area contributed by atoms with Gasteiger partial charge in [-0.1, -0.05) is 5.16 Å². The molecule has 0 radical (unpaired) electrons. The summed E-state index contributed by atoms with van der Waals surface area (Å²) in [5, 5.41) is 3.90. The number of methoxy groups -OCH3 is 1. The van der Waals surface area contributed by atoms with E-state index in [0.29, 0.717) is 13.2 Å². The zero-order valence-electron chi connectivity index (χ0n) is 11.4. The number of nitrogens with zero attached hydrogens (tertiary/aromatic N) is 1. The molecule has 5 heteroatoms. The molecule has 0 saturated carbocycles. The van der Waals surface area contributed by atoms with Gasteiger partial charge in [0.15, 0.2) is 0 Å². The quantitative estimate of drug-likeness (QED) is 0.895. The lowest BCUT2D eigenvalue weighted by atomic mass is 10.2. The molecule has 0 aliphatic rings. The lowest BCUT2D eigenvalue weighted by Crippen LogP contribution is -2.04. The van der Waals surface area contributed by atoms with Gasteiger partial charge in [-0.3, -0.25) is 0 Å². The van der Waals surface area contributed by atoms with Crippen LogP contribution < -0.4 is 15.2 Å². The fourth-order valence-electron chi connectivity index (χ4n) is 1.84. The summed E-state index contributed by atoms with van der Waals surface area (Å²) in [6, 6.07) is 5.59. The number of hydrogen-bond acceptors (Lipinski definition) is 5. The van der Waals surface area contributed by atoms with Crippen LogP contribution in [0.25, 0.3) is 0 Å². The van der Waals surface area contributed by atoms with Crippen LogP contribution in [0.15, 0.2) is 22.7 Å². The number of nitrogens with two attached hydrogens (primary N) is 1. The van der Waals surface area contributed by atoms with Crippen molar-refractivity contribution >= 4 is 0 Å². The molecule has 19 heavy (non-hydrogen) atoms. The van der Waals surface area contributed by atoms with E-state index in [1.165, 1.54) is 0 Å². The fourth-order valence-corrected chi connectivity index (χ4v) is 1.84. The Morgan fingerprint density at radius 1 is 1.32 bits per heavy atom. The maximum absolute atomic E-state index is 5.80. The van der Waals surface area contributed by atoms with Crippen LogP contribution in [0.4, 0.5) is 0 Å². The molecular weight excluding hydrogens is 244 g/mol. The van der Waals surface area contributed by atoms with Crippen LogP contribution in [0, 0.1) is 13.8 Å². The molecule has 2 rings (SSSR count). The first-order valence-corrected chi connectivity index (χ1v) is 6.07. The summed E-state index contributed by atoms with van der Waals surface area (Å²) in [6.45, 7) is 4.58. The standard InChI is InChI=1S/C14H18N2O3/c1-9-13(10(2)19-16-9)8-18-14-5-4-12(17-3)6-11(14)7-15/h4-6H,7-8,15H2,1-3H3. The molecule has 1 aromatic carbocycles. The molecule has 0 aliphatic heterocycles. The van der Waals surface area contributed by atoms with E-state index < -0.39 is 0 Å². The minimum absolute atomic E-state index is 0.397. The van der Waals surface area contributed by atoms with Gasteiger partial charge in [-0.05, 0) is 32.0 Å². The second-order valence-corrected chi connectivity index (χ2v) is 4.27. The van der Waals surface area contributed by atoms with Crippen molar-refractivity contribution in [3.05, 3.63) is 40.8 Å². The van der Waals surface area contributed by atoms with E-state index in [1.807, 2.05) is 32.0 Å². The summed E-state index contributed by atoms with van der Waals surface area (Å²) in [6.07, 6.45) is 0. The molecule has 5 nitrogen and oxygen atoms in total. The van der Waals surface area contributed by atoms with Gasteiger partial charge in [0, 0.05) is 12.1 Å². The van der Waals surface area contributed by atoms with E-state index in [-0.39, 0.29) is 0 Å². The van der Waals surface area contributed by atoms with Crippen LogP contribution >= 0.6 is 0 Å². The number of aryl methyl sites for hydroxylation is 2. The summed E-state index contributed by atoms with van der Waals surface area (Å²) in [5.74, 6) is 2.30. The van der Waals surface area contributed by atoms with E-state index in [2.05, 4.69) is 5.16 Å². The van der Waals surface area contributed by atoms with Crippen LogP contribution in [0.5, 0.6) is 11.5 Å². The third-order valence-electron chi connectivity index (χ3n) is 3.04. The van der Waals surface area contributed by atoms with Crippen molar-refractivity contribution in [1.29, 1.82) is 0 Å². The number of benzene rings is 1. The molecule has 0 unspecified atom stereocenters. The van der Waals surface area contributed by atoms with E-state index in [1.54, 1.807) is 7.11 Å². The fraction of sp³-hybridized carbons (Fsp3) is 0.357. The lowest BCUT2D eigenvalue weighted by molar-refractivity contribution is 0.298. The van der Waals surface area contributed by atoms with Crippen LogP contribution in [0.1, 0.15) is 22.6 Å². The molecule has 0 saturated heterocycles. The van der Waals surface area contributed by atoms with E-state index >= 15 is 0 Å². The Balaban J connectivity index is 2.15. The van der Waals surface area contributed by atoms with Crippen LogP contribution in [-0.2, 0) is 13.2 Å². The van der Waals surface area contributed by atoms with Crippen molar-refractivity contribution in [3.8, 4) is 11.5 Å². The van der Waals surface area contributed by atoms with Crippen molar-refractivity contribution in [2.75, 3.05) is 7.11 Å². The maximum atomic E-state index is 5.80. The summed E-state index contributed by atoms with van der Waals surface area (Å²) in [5.41, 5.74) is 8.44. The first-order chi connectivity index (χ1) is 9.15. The average molecular weight is 262 g/mol. The molecule has 0 bridgehead atoms. The molecule has 0 atom stereocenters. The van der Waals surface area contributed by atoms with Crippen molar-refractivity contribution in [2.24, 2.45) is 5.73 Å². The van der Waals surface area contributed by atoms with E-state index in [4.69, 9.17) is 19.7 Å². The average Bonchev–Trinajstić information content (AvgIpc) is 2.75. The highest BCUT2D eigenvalue weighted by atomic mass is 16.5. The highest BCUT2D eigenvalue weighted by molar-refractivity contribution is 5.40. The number of ether oxygens (including phenoxy) is 2. The summed E-state index contributed by atoms with van der Waals surface area (Å²) >= 11 is 0. The summed E-state index contributed by atoms with van der Waals surface area (Å²) < 4.78 is 16.1. The normalized spacial score (nSPS) is 10.5. The Morgan fingerprint density at radius 2 is 2.11 bits per heavy atom. The van der Waals surface area contributed by atoms with E-state index in [9.17, 15) is 0 Å². The van der Waals surface area contributed by atoms with Gasteiger partial charge in [-0.15, -0.1) is 0 Å². The molecule has 0 aliphatic carbocycles. The van der Waals surface area contributed by atoms with Crippen molar-refractivity contribution in [1.82, 2.24) is 5.16 Å². The van der Waals surface area contributed by atoms with Gasteiger partial charge in [0.25, 0.3) is 0 Å². The summed E-state index contributed by atoms with van der Waals surface area (Å²) in [7, 11) is 1.63. The molecule has 0 spiro atoms. The molecular formula is C14H18N2O3. The van der Waals surface area contributed by atoms with E-state index in [0.717, 1.165) is 34.1 Å². The van der Waals surface area contributed by atoms with Crippen molar-refractivity contribution in [3.63, 3.8) is 0 Å². The SMILES string of the molecule is COc1ccc(OCc2c(C)noc2C)c(CN)c1. The van der Waals surface area contributed by atoms with Gasteiger partial charge in [0.2, 0.25) is 0 Å². The van der Waals surface area contributed by atoms with Gasteiger partial charge in [0.05, 0.1) is 18.4 Å². The molecule has 0 amide bonds. The van der Waals surface area contributed by atoms with Crippen molar-refractivity contribution < 1.29 is 14.0 Å². The third-order valence-corrected chi connectivity index (χ3v) is 3.04. The first kappa shape index (κ1) is 13.4. The predicted molar refractivity (Wildman–Crippen MR) is 71.2 cm³/mol. The first-order valence-electron chi connectivity index (χ1n) is 6.07. The largest absolute Gasteiger partial charge is 0.497 e. The number of rotatable bonds is 5. The topological polar surface area (TPSA) is 70.5 Å². The summed E-state index contributed by atoms with van der Waals surface area (Å²) in [4.78, 5) is 0. The highest BCUT2D eigenvalue weighted by Gasteiger charge is 2.11. The van der Waals surface area contributed by atoms with Gasteiger partial charge in [0.1, 0.15) is 23.9 Å². The molecule has 0 fully saturated rings. The lowest BCUT2D eigenvalue weighted by Gasteiger charge is -2.11. The Morgan fingerprint density at radius 3 is 2.68 bits per heavy atom. The molecule has 2 N–H and O–H groups in total. The Bertz CT molecular complexity index is 544. The highest BCUT2D eigenvalue weighted by Crippen LogP contribution is 2.25. The monoisotopic (exact) mass is 262 g/mol. The smallest absolute Gasteiger partial charge is 0.140 e. The minimum atomic E-state index is 0.397. The zero-order chi connectivity index (χ0) is 13.8. The van der Waals surface area contributed by atoms with Gasteiger partial charge >= 0.3 is 0 Å².